The third-order valence-corrected chi connectivity index (χ3v) is 0. The maximum absolute atomic E-state index is 0. The molecule has 0 spiro atoms. The Morgan fingerprint density at radius 3 is 0.500 bits per heavy atom. The molecule has 0 aromatic rings. The van der Waals surface area contributed by atoms with Crippen molar-refractivity contribution < 1.29 is 72.5 Å². The molecular weight excluding hydrogens is 234 g/mol. The fourth-order valence-corrected chi connectivity index (χ4v) is 0. The van der Waals surface area contributed by atoms with Crippen LogP contribution in [0.2, 0.25) is 0 Å². The summed E-state index contributed by atoms with van der Waals surface area (Å²) in [5, 5.41) is 0. The fraction of sp³-hybridized carbons (Fsp3) is 0. The predicted octanol–water partition coefficient (Wildman–Crippen LogP) is -0.364. The Morgan fingerprint density at radius 1 is 0.500 bits per heavy atom. The molecule has 3 nitrogen and oxygen atoms in total. The molecule has 0 N–H and O–H groups in total. The molecule has 6 heteroatoms. The van der Waals surface area contributed by atoms with Crippen LogP contribution in [-0.4, -0.2) is 0 Å². The van der Waals surface area contributed by atoms with Gasteiger partial charge < -0.3 is 16.4 Å². The maximum Gasteiger partial charge on any atom is 2.00 e. The Morgan fingerprint density at radius 2 is 0.500 bits per heavy atom. The molecule has 0 atom stereocenters. The van der Waals surface area contributed by atoms with Gasteiger partial charge in [0.05, 0.1) is 0 Å². The molecule has 29 valence electrons. The molecule has 0 bridgehead atoms. The van der Waals surface area contributed by atoms with Gasteiger partial charge in [-0.25, -0.2) is 0 Å². The summed E-state index contributed by atoms with van der Waals surface area (Å²) in [6.07, 6.45) is 0. The van der Waals surface area contributed by atoms with Crippen LogP contribution in [0.1, 0.15) is 0 Å². The van der Waals surface area contributed by atoms with Crippen molar-refractivity contribution in [3.05, 3.63) is 0 Å². The van der Waals surface area contributed by atoms with Crippen LogP contribution in [0.5, 0.6) is 0 Å². The standard InChI is InChI=1S/Mn.3O.2Zn/q+2;3*-2;2*+2. The first-order valence-electron chi connectivity index (χ1n) is 0. The third kappa shape index (κ3) is 45.0. The second-order valence-electron chi connectivity index (χ2n) is 0. The van der Waals surface area contributed by atoms with Crippen LogP contribution in [0, 0.1) is 0 Å². The molecule has 0 amide bonds. The van der Waals surface area contributed by atoms with Gasteiger partial charge in [0, 0.05) is 0 Å². The van der Waals surface area contributed by atoms with E-state index < -0.39 is 0 Å². The Kier molecular flexibility index (Phi) is 1620. The van der Waals surface area contributed by atoms with E-state index in [0.29, 0.717) is 0 Å². The van der Waals surface area contributed by atoms with E-state index in [1.165, 1.54) is 0 Å². The Hall–Kier alpha value is 1.65. The van der Waals surface area contributed by atoms with Crippen molar-refractivity contribution in [2.75, 3.05) is 0 Å². The van der Waals surface area contributed by atoms with Gasteiger partial charge in [-0.05, 0) is 0 Å². The number of hydrogen-bond acceptors (Lipinski definition) is 0. The first-order valence-corrected chi connectivity index (χ1v) is 0. The van der Waals surface area contributed by atoms with Crippen molar-refractivity contribution in [1.29, 1.82) is 0 Å². The Bertz CT molecular complexity index is 8.75. The molecule has 0 aliphatic heterocycles. The summed E-state index contributed by atoms with van der Waals surface area (Å²) < 4.78 is 0. The van der Waals surface area contributed by atoms with E-state index in [2.05, 4.69) is 0 Å². The van der Waals surface area contributed by atoms with Crippen LogP contribution in [-0.2, 0) is 72.5 Å². The van der Waals surface area contributed by atoms with Crippen molar-refractivity contribution in [2.45, 2.75) is 0 Å². The van der Waals surface area contributed by atoms with Gasteiger partial charge in [0.2, 0.25) is 0 Å². The topological polar surface area (TPSA) is 85.5 Å². The SMILES string of the molecule is [Mn+2].[O-2].[O-2].[O-2].[Zn+2].[Zn+2]. The zero-order valence-corrected chi connectivity index (χ0v) is 10.1. The van der Waals surface area contributed by atoms with E-state index in [4.69, 9.17) is 0 Å². The summed E-state index contributed by atoms with van der Waals surface area (Å²) in [5.41, 5.74) is 0. The molecule has 0 saturated carbocycles. The normalized spacial score (nSPS) is 0. The van der Waals surface area contributed by atoms with Crippen molar-refractivity contribution in [3.63, 3.8) is 0 Å². The van der Waals surface area contributed by atoms with Crippen LogP contribution < -0.4 is 0 Å². The van der Waals surface area contributed by atoms with Crippen LogP contribution in [0.15, 0.2) is 0 Å². The van der Waals surface area contributed by atoms with Gasteiger partial charge in [-0.1, -0.05) is 0 Å². The van der Waals surface area contributed by atoms with Gasteiger partial charge in [-0.3, -0.25) is 0 Å². The third-order valence-electron chi connectivity index (χ3n) is 0. The molecule has 0 saturated heterocycles. The number of rotatable bonds is 0. The molecule has 0 aromatic carbocycles. The Labute approximate surface area is 72.2 Å². The van der Waals surface area contributed by atoms with Crippen LogP contribution in [0.4, 0.5) is 0 Å². The van der Waals surface area contributed by atoms with E-state index in [9.17, 15) is 0 Å². The average Bonchev–Trinajstić information content (AvgIpc) is 0. The maximum atomic E-state index is 0. The first kappa shape index (κ1) is 125. The summed E-state index contributed by atoms with van der Waals surface area (Å²) in [6.45, 7) is 0. The number of hydrogen-bond donors (Lipinski definition) is 0. The van der Waals surface area contributed by atoms with Crippen molar-refractivity contribution in [3.8, 4) is 0 Å². The van der Waals surface area contributed by atoms with Gasteiger partial charge in [0.1, 0.15) is 0 Å². The summed E-state index contributed by atoms with van der Waals surface area (Å²) in [7, 11) is 0. The quantitative estimate of drug-likeness (QED) is 0.512. The molecule has 0 unspecified atom stereocenters. The molecule has 0 aliphatic rings. The fourth-order valence-electron chi connectivity index (χ4n) is 0. The zero-order valence-electron chi connectivity index (χ0n) is 3.02. The molecule has 0 fully saturated rings. The first-order chi connectivity index (χ1) is 0. The summed E-state index contributed by atoms with van der Waals surface area (Å²) in [4.78, 5) is 0. The van der Waals surface area contributed by atoms with Crippen LogP contribution in [0.25, 0.3) is 0 Å². The van der Waals surface area contributed by atoms with Gasteiger partial charge >= 0.3 is 56.0 Å². The minimum Gasteiger partial charge on any atom is -2.00 e. The van der Waals surface area contributed by atoms with E-state index in [1.807, 2.05) is 0 Å². The molecule has 1 radical (unpaired) electrons. The Balaban J connectivity index is 0. The van der Waals surface area contributed by atoms with E-state index in [-0.39, 0.29) is 72.5 Å². The van der Waals surface area contributed by atoms with E-state index in [0.717, 1.165) is 0 Å². The largest absolute Gasteiger partial charge is 2.00 e. The molecule has 0 aliphatic carbocycles. The van der Waals surface area contributed by atoms with Gasteiger partial charge in [0.15, 0.2) is 0 Å². The average molecular weight is 234 g/mol. The molecule has 6 heavy (non-hydrogen) atoms. The van der Waals surface area contributed by atoms with E-state index >= 15 is 0 Å². The minimum absolute atomic E-state index is 0. The zero-order chi connectivity index (χ0) is 0. The van der Waals surface area contributed by atoms with Crippen LogP contribution in [0.3, 0.4) is 0 Å². The van der Waals surface area contributed by atoms with Crippen LogP contribution >= 0.6 is 0 Å². The monoisotopic (exact) mass is 231 g/mol. The van der Waals surface area contributed by atoms with Gasteiger partial charge in [-0.2, -0.15) is 0 Å². The van der Waals surface area contributed by atoms with Gasteiger partial charge in [0.25, 0.3) is 0 Å². The molecular formula is MnO3Zn2. The smallest absolute Gasteiger partial charge is 2.00 e. The van der Waals surface area contributed by atoms with Crippen molar-refractivity contribution >= 4 is 0 Å². The van der Waals surface area contributed by atoms with Crippen molar-refractivity contribution in [1.82, 2.24) is 0 Å². The minimum atomic E-state index is 0. The summed E-state index contributed by atoms with van der Waals surface area (Å²) in [5.74, 6) is 0. The van der Waals surface area contributed by atoms with Crippen molar-refractivity contribution in [2.24, 2.45) is 0 Å². The van der Waals surface area contributed by atoms with E-state index in [1.54, 1.807) is 0 Å². The second kappa shape index (κ2) is 78.2. The molecule has 0 rings (SSSR count). The predicted molar refractivity (Wildman–Crippen MR) is 2.06 cm³/mol. The van der Waals surface area contributed by atoms with Gasteiger partial charge in [-0.15, -0.1) is 0 Å². The molecule has 0 heterocycles. The summed E-state index contributed by atoms with van der Waals surface area (Å²) >= 11 is 0. The summed E-state index contributed by atoms with van der Waals surface area (Å²) in [6, 6.07) is 0. The molecule has 0 aromatic heterocycles. The second-order valence-corrected chi connectivity index (χ2v) is 0.